The second kappa shape index (κ2) is 8.08. The van der Waals surface area contributed by atoms with Crippen molar-refractivity contribution in [3.05, 3.63) is 30.3 Å². The summed E-state index contributed by atoms with van der Waals surface area (Å²) >= 11 is 0. The summed E-state index contributed by atoms with van der Waals surface area (Å²) in [5, 5.41) is 8.84. The van der Waals surface area contributed by atoms with Crippen molar-refractivity contribution in [2.75, 3.05) is 18.4 Å². The van der Waals surface area contributed by atoms with Gasteiger partial charge in [-0.2, -0.15) is 0 Å². The van der Waals surface area contributed by atoms with E-state index in [4.69, 9.17) is 0 Å². The molecule has 2 fully saturated rings. The van der Waals surface area contributed by atoms with Crippen LogP contribution >= 0.6 is 0 Å². The molecule has 27 heavy (non-hydrogen) atoms. The molecule has 1 aromatic rings. The van der Waals surface area contributed by atoms with Gasteiger partial charge in [0.25, 0.3) is 0 Å². The van der Waals surface area contributed by atoms with E-state index in [1.807, 2.05) is 18.2 Å². The van der Waals surface area contributed by atoms with Gasteiger partial charge in [-0.1, -0.05) is 18.2 Å². The fraction of sp³-hybridized carbons (Fsp3) is 0.550. The van der Waals surface area contributed by atoms with Crippen molar-refractivity contribution >= 4 is 23.4 Å². The van der Waals surface area contributed by atoms with E-state index in [9.17, 15) is 14.4 Å². The highest BCUT2D eigenvalue weighted by Gasteiger charge is 2.40. The second-order valence-electron chi connectivity index (χ2n) is 7.77. The monoisotopic (exact) mass is 372 g/mol. The van der Waals surface area contributed by atoms with Gasteiger partial charge in [0.15, 0.2) is 0 Å². The van der Waals surface area contributed by atoms with E-state index in [0.717, 1.165) is 25.8 Å². The Morgan fingerprint density at radius 1 is 1.11 bits per heavy atom. The van der Waals surface area contributed by atoms with Crippen LogP contribution < -0.4 is 16.0 Å². The fourth-order valence-electron chi connectivity index (χ4n) is 3.66. The number of rotatable bonds is 5. The van der Waals surface area contributed by atoms with Gasteiger partial charge < -0.3 is 20.9 Å². The average Bonchev–Trinajstić information content (AvgIpc) is 3.33. The molecular weight excluding hydrogens is 344 g/mol. The van der Waals surface area contributed by atoms with Crippen LogP contribution in [0.3, 0.4) is 0 Å². The number of nitrogens with zero attached hydrogens (tertiary/aromatic N) is 1. The molecule has 7 nitrogen and oxygen atoms in total. The van der Waals surface area contributed by atoms with Gasteiger partial charge in [-0.05, 0) is 58.2 Å². The van der Waals surface area contributed by atoms with Gasteiger partial charge in [0.2, 0.25) is 17.7 Å². The van der Waals surface area contributed by atoms with Gasteiger partial charge >= 0.3 is 0 Å². The third-order valence-electron chi connectivity index (χ3n) is 5.23. The van der Waals surface area contributed by atoms with Crippen molar-refractivity contribution in [3.63, 3.8) is 0 Å². The molecule has 2 aliphatic rings. The number of benzene rings is 1. The fourth-order valence-corrected chi connectivity index (χ4v) is 3.66. The smallest absolute Gasteiger partial charge is 0.249 e. The largest absolute Gasteiger partial charge is 0.340 e. The van der Waals surface area contributed by atoms with Crippen molar-refractivity contribution in [2.45, 2.75) is 57.2 Å². The first kappa shape index (κ1) is 19.4. The van der Waals surface area contributed by atoms with Crippen LogP contribution in [0.1, 0.15) is 39.5 Å². The van der Waals surface area contributed by atoms with Crippen molar-refractivity contribution in [3.8, 4) is 0 Å². The normalized spacial score (nSPS) is 22.5. The van der Waals surface area contributed by atoms with Crippen LogP contribution in [0.15, 0.2) is 30.3 Å². The SMILES string of the molecule is CC(C)(NC(=O)[C@@H]1CCCN1C(=O)[C@H]1CCCN1)C(=O)Nc1ccccc1. The quantitative estimate of drug-likeness (QED) is 0.726. The zero-order valence-electron chi connectivity index (χ0n) is 16.0. The molecule has 2 aliphatic heterocycles. The summed E-state index contributed by atoms with van der Waals surface area (Å²) in [4.78, 5) is 39.8. The molecule has 0 aromatic heterocycles. The Morgan fingerprint density at radius 2 is 1.85 bits per heavy atom. The Kier molecular flexibility index (Phi) is 5.79. The lowest BCUT2D eigenvalue weighted by Crippen LogP contribution is -2.58. The molecule has 7 heteroatoms. The lowest BCUT2D eigenvalue weighted by molar-refractivity contribution is -0.141. The van der Waals surface area contributed by atoms with Gasteiger partial charge in [0.1, 0.15) is 11.6 Å². The molecule has 146 valence electrons. The van der Waals surface area contributed by atoms with Gasteiger partial charge in [-0.15, -0.1) is 0 Å². The first-order valence-corrected chi connectivity index (χ1v) is 9.61. The van der Waals surface area contributed by atoms with E-state index in [0.29, 0.717) is 18.7 Å². The molecule has 0 spiro atoms. The Hall–Kier alpha value is -2.41. The highest BCUT2D eigenvalue weighted by molar-refractivity contribution is 6.01. The maximum absolute atomic E-state index is 12.8. The first-order chi connectivity index (χ1) is 12.9. The van der Waals surface area contributed by atoms with Crippen LogP contribution in [0.4, 0.5) is 5.69 Å². The van der Waals surface area contributed by atoms with Gasteiger partial charge in [0, 0.05) is 12.2 Å². The van der Waals surface area contributed by atoms with Gasteiger partial charge in [-0.3, -0.25) is 14.4 Å². The number of carbonyl (C=O) groups excluding carboxylic acids is 3. The van der Waals surface area contributed by atoms with E-state index in [1.54, 1.807) is 30.9 Å². The topological polar surface area (TPSA) is 90.5 Å². The first-order valence-electron chi connectivity index (χ1n) is 9.61. The van der Waals surface area contributed by atoms with Crippen molar-refractivity contribution in [2.24, 2.45) is 0 Å². The van der Waals surface area contributed by atoms with Crippen LogP contribution in [0.2, 0.25) is 0 Å². The predicted molar refractivity (Wildman–Crippen MR) is 103 cm³/mol. The Labute approximate surface area is 159 Å². The van der Waals surface area contributed by atoms with E-state index in [-0.39, 0.29) is 23.8 Å². The summed E-state index contributed by atoms with van der Waals surface area (Å²) in [6.45, 7) is 4.77. The van der Waals surface area contributed by atoms with E-state index >= 15 is 0 Å². The van der Waals surface area contributed by atoms with Gasteiger partial charge in [-0.25, -0.2) is 0 Å². The number of anilines is 1. The standard InChI is InChI=1S/C20H28N4O3/c1-20(2,19(27)22-14-8-4-3-5-9-14)23-17(25)16-11-7-13-24(16)18(26)15-10-6-12-21-15/h3-5,8-9,15-16,21H,6-7,10-13H2,1-2H3,(H,22,27)(H,23,25)/t15-,16+/m1/s1. The third-order valence-corrected chi connectivity index (χ3v) is 5.23. The Balaban J connectivity index is 1.62. The highest BCUT2D eigenvalue weighted by atomic mass is 16.2. The van der Waals surface area contributed by atoms with Crippen LogP contribution in [0, 0.1) is 0 Å². The summed E-state index contributed by atoms with van der Waals surface area (Å²) in [5.41, 5.74) is -0.412. The zero-order valence-corrected chi connectivity index (χ0v) is 16.0. The molecular formula is C20H28N4O3. The average molecular weight is 372 g/mol. The molecule has 3 rings (SSSR count). The van der Waals surface area contributed by atoms with Gasteiger partial charge in [0.05, 0.1) is 6.04 Å². The van der Waals surface area contributed by atoms with Crippen LogP contribution in [0.25, 0.3) is 0 Å². The summed E-state index contributed by atoms with van der Waals surface area (Å²) in [6, 6.07) is 8.42. The summed E-state index contributed by atoms with van der Waals surface area (Å²) in [6.07, 6.45) is 3.22. The lowest BCUT2D eigenvalue weighted by Gasteiger charge is -2.31. The number of nitrogens with one attached hydrogen (secondary N) is 3. The molecule has 0 unspecified atom stereocenters. The van der Waals surface area contributed by atoms with E-state index < -0.39 is 11.6 Å². The molecule has 3 amide bonds. The molecule has 0 saturated carbocycles. The van der Waals surface area contributed by atoms with Crippen molar-refractivity contribution < 1.29 is 14.4 Å². The van der Waals surface area contributed by atoms with Crippen LogP contribution in [-0.4, -0.2) is 53.3 Å². The molecule has 3 N–H and O–H groups in total. The number of amides is 3. The van der Waals surface area contributed by atoms with Crippen LogP contribution in [0.5, 0.6) is 0 Å². The maximum Gasteiger partial charge on any atom is 0.249 e. The lowest BCUT2D eigenvalue weighted by atomic mass is 10.0. The summed E-state index contributed by atoms with van der Waals surface area (Å²) in [5.74, 6) is -0.570. The highest BCUT2D eigenvalue weighted by Crippen LogP contribution is 2.22. The minimum atomic E-state index is -1.09. The Bertz CT molecular complexity index is 698. The number of hydrogen-bond donors (Lipinski definition) is 3. The van der Waals surface area contributed by atoms with E-state index in [1.165, 1.54) is 0 Å². The molecule has 0 radical (unpaired) electrons. The van der Waals surface area contributed by atoms with Crippen molar-refractivity contribution in [1.29, 1.82) is 0 Å². The third kappa shape index (κ3) is 4.47. The summed E-state index contributed by atoms with van der Waals surface area (Å²) < 4.78 is 0. The number of para-hydroxylation sites is 1. The predicted octanol–water partition coefficient (Wildman–Crippen LogP) is 1.26. The molecule has 2 heterocycles. The van der Waals surface area contributed by atoms with Crippen molar-refractivity contribution in [1.82, 2.24) is 15.5 Å². The number of likely N-dealkylation sites (tertiary alicyclic amines) is 1. The molecule has 2 saturated heterocycles. The number of hydrogen-bond acceptors (Lipinski definition) is 4. The maximum atomic E-state index is 12.8. The molecule has 1 aromatic carbocycles. The molecule has 2 atom stereocenters. The number of carbonyl (C=O) groups is 3. The van der Waals surface area contributed by atoms with Crippen LogP contribution in [-0.2, 0) is 14.4 Å². The molecule has 0 bridgehead atoms. The second-order valence-corrected chi connectivity index (χ2v) is 7.77. The zero-order chi connectivity index (χ0) is 19.4. The summed E-state index contributed by atoms with van der Waals surface area (Å²) in [7, 11) is 0. The minimum Gasteiger partial charge on any atom is -0.340 e. The molecule has 0 aliphatic carbocycles. The Morgan fingerprint density at radius 3 is 2.52 bits per heavy atom. The minimum absolute atomic E-state index is 0.00306. The van der Waals surface area contributed by atoms with E-state index in [2.05, 4.69) is 16.0 Å².